The lowest BCUT2D eigenvalue weighted by atomic mass is 9.99. The molecule has 0 unspecified atom stereocenters. The zero-order chi connectivity index (χ0) is 15.5. The molecule has 3 nitrogen and oxygen atoms in total. The molecular formula is C19H14O3. The number of ketones is 1. The standard InChI is InChI=1S/C19H14O3/c1-22-19(21)15-9-7-14(8-10-15)18(20)17-11-6-13-4-2-3-5-16(13)12-17/h2-12H,1H3. The predicted octanol–water partition coefficient (Wildman–Crippen LogP) is 3.86. The van der Waals surface area contributed by atoms with E-state index >= 15 is 0 Å². The van der Waals surface area contributed by atoms with Crippen LogP contribution in [0, 0.1) is 0 Å². The van der Waals surface area contributed by atoms with Crippen molar-refractivity contribution >= 4 is 22.5 Å². The first-order valence-electron chi connectivity index (χ1n) is 6.91. The molecule has 3 rings (SSSR count). The summed E-state index contributed by atoms with van der Waals surface area (Å²) in [5, 5.41) is 2.12. The van der Waals surface area contributed by atoms with Crippen molar-refractivity contribution in [3.8, 4) is 0 Å². The van der Waals surface area contributed by atoms with Gasteiger partial charge in [0, 0.05) is 11.1 Å². The van der Waals surface area contributed by atoms with E-state index in [0.717, 1.165) is 10.8 Å². The highest BCUT2D eigenvalue weighted by Gasteiger charge is 2.11. The van der Waals surface area contributed by atoms with Gasteiger partial charge in [0.05, 0.1) is 12.7 Å². The fraction of sp³-hybridized carbons (Fsp3) is 0.0526. The predicted molar refractivity (Wildman–Crippen MR) is 85.2 cm³/mol. The Hall–Kier alpha value is -2.94. The minimum absolute atomic E-state index is 0.0674. The van der Waals surface area contributed by atoms with Crippen LogP contribution in [0.1, 0.15) is 26.3 Å². The van der Waals surface area contributed by atoms with E-state index in [1.54, 1.807) is 24.3 Å². The fourth-order valence-corrected chi connectivity index (χ4v) is 2.37. The van der Waals surface area contributed by atoms with Gasteiger partial charge >= 0.3 is 5.97 Å². The molecule has 0 heterocycles. The Labute approximate surface area is 128 Å². The number of carbonyl (C=O) groups is 2. The third kappa shape index (κ3) is 2.61. The molecule has 22 heavy (non-hydrogen) atoms. The van der Waals surface area contributed by atoms with Crippen LogP contribution in [0.2, 0.25) is 0 Å². The van der Waals surface area contributed by atoms with Gasteiger partial charge in [-0.05, 0) is 29.0 Å². The Bertz CT molecular complexity index is 848. The van der Waals surface area contributed by atoms with Crippen molar-refractivity contribution < 1.29 is 14.3 Å². The Morgan fingerprint density at radius 1 is 0.727 bits per heavy atom. The molecule has 108 valence electrons. The minimum Gasteiger partial charge on any atom is -0.465 e. The van der Waals surface area contributed by atoms with Crippen LogP contribution in [0.4, 0.5) is 0 Å². The van der Waals surface area contributed by atoms with Crippen LogP contribution in [0.25, 0.3) is 10.8 Å². The van der Waals surface area contributed by atoms with Crippen LogP contribution < -0.4 is 0 Å². The van der Waals surface area contributed by atoms with Crippen LogP contribution in [-0.4, -0.2) is 18.9 Å². The molecule has 0 radical (unpaired) electrons. The normalized spacial score (nSPS) is 10.4. The van der Waals surface area contributed by atoms with Crippen molar-refractivity contribution in [2.75, 3.05) is 7.11 Å². The van der Waals surface area contributed by atoms with Crippen LogP contribution in [0.3, 0.4) is 0 Å². The molecule has 0 saturated carbocycles. The van der Waals surface area contributed by atoms with E-state index in [9.17, 15) is 9.59 Å². The second-order valence-electron chi connectivity index (χ2n) is 4.96. The van der Waals surface area contributed by atoms with Crippen LogP contribution in [-0.2, 0) is 4.74 Å². The van der Waals surface area contributed by atoms with Crippen molar-refractivity contribution in [2.45, 2.75) is 0 Å². The highest BCUT2D eigenvalue weighted by Crippen LogP contribution is 2.18. The lowest BCUT2D eigenvalue weighted by Crippen LogP contribution is -2.04. The maximum absolute atomic E-state index is 12.5. The molecule has 0 aliphatic rings. The molecule has 0 aromatic heterocycles. The van der Waals surface area contributed by atoms with Crippen LogP contribution in [0.5, 0.6) is 0 Å². The first-order valence-corrected chi connectivity index (χ1v) is 6.91. The number of methoxy groups -OCH3 is 1. The van der Waals surface area contributed by atoms with Gasteiger partial charge in [0.25, 0.3) is 0 Å². The van der Waals surface area contributed by atoms with Gasteiger partial charge in [-0.1, -0.05) is 48.5 Å². The zero-order valence-electron chi connectivity index (χ0n) is 12.1. The molecule has 0 amide bonds. The van der Waals surface area contributed by atoms with Gasteiger partial charge in [-0.3, -0.25) is 4.79 Å². The summed E-state index contributed by atoms with van der Waals surface area (Å²) in [6, 6.07) is 20.0. The topological polar surface area (TPSA) is 43.4 Å². The lowest BCUT2D eigenvalue weighted by Gasteiger charge is -2.05. The first kappa shape index (κ1) is 14.0. The summed E-state index contributed by atoms with van der Waals surface area (Å²) in [5.41, 5.74) is 1.60. The van der Waals surface area contributed by atoms with Crippen LogP contribution >= 0.6 is 0 Å². The molecule has 0 aliphatic heterocycles. The first-order chi connectivity index (χ1) is 10.7. The van der Waals surface area contributed by atoms with Gasteiger partial charge in [0.1, 0.15) is 0 Å². The van der Waals surface area contributed by atoms with E-state index in [-0.39, 0.29) is 5.78 Å². The van der Waals surface area contributed by atoms with E-state index in [2.05, 4.69) is 4.74 Å². The summed E-state index contributed by atoms with van der Waals surface area (Å²) < 4.78 is 4.65. The quantitative estimate of drug-likeness (QED) is 0.543. The Kier molecular flexibility index (Phi) is 3.71. The summed E-state index contributed by atoms with van der Waals surface area (Å²) >= 11 is 0. The van der Waals surface area contributed by atoms with E-state index in [4.69, 9.17) is 0 Å². The van der Waals surface area contributed by atoms with Crippen molar-refractivity contribution in [2.24, 2.45) is 0 Å². The summed E-state index contributed by atoms with van der Waals surface area (Å²) in [5.74, 6) is -0.480. The number of fused-ring (bicyclic) bond motifs is 1. The van der Waals surface area contributed by atoms with Gasteiger partial charge in [-0.2, -0.15) is 0 Å². The van der Waals surface area contributed by atoms with E-state index < -0.39 is 5.97 Å². The lowest BCUT2D eigenvalue weighted by molar-refractivity contribution is 0.0600. The van der Waals surface area contributed by atoms with E-state index in [0.29, 0.717) is 16.7 Å². The number of hydrogen-bond donors (Lipinski definition) is 0. The number of carbonyl (C=O) groups excluding carboxylic acids is 2. The molecular weight excluding hydrogens is 276 g/mol. The molecule has 3 aromatic rings. The van der Waals surface area contributed by atoms with Gasteiger partial charge in [-0.15, -0.1) is 0 Å². The molecule has 0 atom stereocenters. The smallest absolute Gasteiger partial charge is 0.337 e. The number of esters is 1. The zero-order valence-corrected chi connectivity index (χ0v) is 12.1. The third-order valence-corrected chi connectivity index (χ3v) is 3.58. The molecule has 0 fully saturated rings. The van der Waals surface area contributed by atoms with Gasteiger partial charge in [0.15, 0.2) is 5.78 Å². The SMILES string of the molecule is COC(=O)c1ccc(C(=O)c2ccc3ccccc3c2)cc1. The summed E-state index contributed by atoms with van der Waals surface area (Å²) in [4.78, 5) is 23.9. The Balaban J connectivity index is 1.93. The van der Waals surface area contributed by atoms with Crippen molar-refractivity contribution in [3.05, 3.63) is 83.4 Å². The van der Waals surface area contributed by atoms with Gasteiger partial charge in [-0.25, -0.2) is 4.79 Å². The number of ether oxygens (including phenoxy) is 1. The second kappa shape index (κ2) is 5.82. The van der Waals surface area contributed by atoms with E-state index in [1.807, 2.05) is 42.5 Å². The molecule has 3 heteroatoms. The van der Waals surface area contributed by atoms with Gasteiger partial charge < -0.3 is 4.74 Å². The van der Waals surface area contributed by atoms with Crippen molar-refractivity contribution in [1.82, 2.24) is 0 Å². The summed E-state index contributed by atoms with van der Waals surface area (Å²) in [7, 11) is 1.33. The van der Waals surface area contributed by atoms with Crippen molar-refractivity contribution in [1.29, 1.82) is 0 Å². The minimum atomic E-state index is -0.412. The molecule has 0 N–H and O–H groups in total. The number of benzene rings is 3. The third-order valence-electron chi connectivity index (χ3n) is 3.58. The van der Waals surface area contributed by atoms with Crippen molar-refractivity contribution in [3.63, 3.8) is 0 Å². The average Bonchev–Trinajstić information content (AvgIpc) is 2.60. The monoisotopic (exact) mass is 290 g/mol. The molecule has 0 bridgehead atoms. The largest absolute Gasteiger partial charge is 0.465 e. The average molecular weight is 290 g/mol. The van der Waals surface area contributed by atoms with E-state index in [1.165, 1.54) is 7.11 Å². The number of rotatable bonds is 3. The summed E-state index contributed by atoms with van der Waals surface area (Å²) in [6.07, 6.45) is 0. The molecule has 3 aromatic carbocycles. The fourth-order valence-electron chi connectivity index (χ4n) is 2.37. The molecule has 0 spiro atoms. The van der Waals surface area contributed by atoms with Crippen LogP contribution in [0.15, 0.2) is 66.7 Å². The highest BCUT2D eigenvalue weighted by atomic mass is 16.5. The summed E-state index contributed by atoms with van der Waals surface area (Å²) in [6.45, 7) is 0. The number of hydrogen-bond acceptors (Lipinski definition) is 3. The maximum Gasteiger partial charge on any atom is 0.337 e. The molecule has 0 saturated heterocycles. The van der Waals surface area contributed by atoms with Gasteiger partial charge in [0.2, 0.25) is 0 Å². The second-order valence-corrected chi connectivity index (χ2v) is 4.96. The maximum atomic E-state index is 12.5. The highest BCUT2D eigenvalue weighted by molar-refractivity contribution is 6.11. The Morgan fingerprint density at radius 2 is 1.32 bits per heavy atom. The Morgan fingerprint density at radius 3 is 2.00 bits per heavy atom. The molecule has 0 aliphatic carbocycles.